The second-order valence-corrected chi connectivity index (χ2v) is 12.7. The van der Waals surface area contributed by atoms with E-state index in [9.17, 15) is 26.4 Å². The number of carbonyl (C=O) groups is 2. The lowest BCUT2D eigenvalue weighted by Gasteiger charge is -2.31. The summed E-state index contributed by atoms with van der Waals surface area (Å²) in [5.41, 5.74) is 0.891. The second kappa shape index (κ2) is 9.66. The van der Waals surface area contributed by atoms with E-state index in [2.05, 4.69) is 10.0 Å². The van der Waals surface area contributed by atoms with Crippen molar-refractivity contribution in [3.05, 3.63) is 29.8 Å². The number of piperidine rings is 1. The average Bonchev–Trinajstić information content (AvgIpc) is 2.71. The molecule has 31 heavy (non-hydrogen) atoms. The predicted octanol–water partition coefficient (Wildman–Crippen LogP) is 0.414. The van der Waals surface area contributed by atoms with Gasteiger partial charge in [-0.2, -0.15) is 0 Å². The van der Waals surface area contributed by atoms with Crippen molar-refractivity contribution in [1.82, 2.24) is 14.9 Å². The zero-order valence-corrected chi connectivity index (χ0v) is 20.0. The molecule has 0 radical (unpaired) electrons. The van der Waals surface area contributed by atoms with Gasteiger partial charge < -0.3 is 10.2 Å². The van der Waals surface area contributed by atoms with Crippen LogP contribution in [0.15, 0.2) is 29.2 Å². The monoisotopic (exact) mass is 473 g/mol. The standard InChI is InChI=1S/C20H31N3O6S2/c1-20(2,3)15-5-7-17(8-6-15)31(28,29)22-13-19(25)23-11-9-16(10-12-23)30(26,27)14-18(24)21-4/h5-8,16,22H,9-14H2,1-4H3,(H,21,24). The average molecular weight is 474 g/mol. The molecule has 0 atom stereocenters. The molecule has 0 unspecified atom stereocenters. The molecule has 1 heterocycles. The van der Waals surface area contributed by atoms with Crippen molar-refractivity contribution in [3.63, 3.8) is 0 Å². The van der Waals surface area contributed by atoms with E-state index in [4.69, 9.17) is 0 Å². The normalized spacial score (nSPS) is 16.2. The summed E-state index contributed by atoms with van der Waals surface area (Å²) in [6.07, 6.45) is 0.429. The molecular formula is C20H31N3O6S2. The third-order valence-electron chi connectivity index (χ3n) is 5.36. The third kappa shape index (κ3) is 6.75. The number of amides is 2. The van der Waals surface area contributed by atoms with Crippen LogP contribution in [0.2, 0.25) is 0 Å². The first kappa shape index (κ1) is 25.3. The summed E-state index contributed by atoms with van der Waals surface area (Å²) in [4.78, 5) is 25.3. The predicted molar refractivity (Wildman–Crippen MR) is 118 cm³/mol. The minimum atomic E-state index is -3.84. The van der Waals surface area contributed by atoms with Gasteiger partial charge in [0.25, 0.3) is 0 Å². The third-order valence-corrected chi connectivity index (χ3v) is 8.93. The minimum Gasteiger partial charge on any atom is -0.358 e. The molecule has 1 fully saturated rings. The zero-order valence-electron chi connectivity index (χ0n) is 18.3. The maximum absolute atomic E-state index is 12.5. The first-order valence-corrected chi connectivity index (χ1v) is 13.3. The molecule has 1 aromatic carbocycles. The lowest BCUT2D eigenvalue weighted by Crippen LogP contribution is -2.47. The molecular weight excluding hydrogens is 442 g/mol. The van der Waals surface area contributed by atoms with Crippen molar-refractivity contribution < 1.29 is 26.4 Å². The van der Waals surface area contributed by atoms with Crippen LogP contribution in [0.3, 0.4) is 0 Å². The molecule has 2 amide bonds. The molecule has 2 rings (SSSR count). The molecule has 0 saturated carbocycles. The summed E-state index contributed by atoms with van der Waals surface area (Å²) in [7, 11) is -6.06. The summed E-state index contributed by atoms with van der Waals surface area (Å²) in [6.45, 7) is 6.07. The van der Waals surface area contributed by atoms with Gasteiger partial charge in [-0.15, -0.1) is 0 Å². The molecule has 0 aliphatic carbocycles. The number of nitrogens with one attached hydrogen (secondary N) is 2. The van der Waals surface area contributed by atoms with Crippen LogP contribution in [0, 0.1) is 0 Å². The zero-order chi connectivity index (χ0) is 23.4. The molecule has 11 heteroatoms. The molecule has 2 N–H and O–H groups in total. The van der Waals surface area contributed by atoms with E-state index in [1.165, 1.54) is 24.1 Å². The van der Waals surface area contributed by atoms with Gasteiger partial charge in [0.15, 0.2) is 9.84 Å². The van der Waals surface area contributed by atoms with Crippen molar-refractivity contribution in [2.75, 3.05) is 32.4 Å². The van der Waals surface area contributed by atoms with Crippen molar-refractivity contribution in [1.29, 1.82) is 0 Å². The molecule has 9 nitrogen and oxygen atoms in total. The second-order valence-electron chi connectivity index (χ2n) is 8.66. The van der Waals surface area contributed by atoms with Crippen LogP contribution < -0.4 is 10.0 Å². The maximum atomic E-state index is 12.5. The van der Waals surface area contributed by atoms with Gasteiger partial charge in [-0.3, -0.25) is 9.59 Å². The molecule has 1 aliphatic heterocycles. The van der Waals surface area contributed by atoms with Crippen LogP contribution >= 0.6 is 0 Å². The summed E-state index contributed by atoms with van der Waals surface area (Å²) >= 11 is 0. The molecule has 1 aliphatic rings. The number of carbonyl (C=O) groups excluding carboxylic acids is 2. The smallest absolute Gasteiger partial charge is 0.241 e. The van der Waals surface area contributed by atoms with Gasteiger partial charge in [-0.05, 0) is 36.0 Å². The number of nitrogens with zero attached hydrogens (tertiary/aromatic N) is 1. The first-order chi connectivity index (χ1) is 14.3. The summed E-state index contributed by atoms with van der Waals surface area (Å²) in [6, 6.07) is 6.52. The Labute approximate surface area is 184 Å². The maximum Gasteiger partial charge on any atom is 0.241 e. The Hall–Kier alpha value is -1.98. The van der Waals surface area contributed by atoms with E-state index in [1.54, 1.807) is 12.1 Å². The highest BCUT2D eigenvalue weighted by molar-refractivity contribution is 7.92. The van der Waals surface area contributed by atoms with Crippen molar-refractivity contribution in [2.45, 2.75) is 49.2 Å². The number of likely N-dealkylation sites (tertiary alicyclic amines) is 1. The highest BCUT2D eigenvalue weighted by atomic mass is 32.2. The first-order valence-electron chi connectivity index (χ1n) is 10.1. The van der Waals surface area contributed by atoms with Gasteiger partial charge in [0.05, 0.1) is 16.7 Å². The molecule has 0 spiro atoms. The topological polar surface area (TPSA) is 130 Å². The van der Waals surface area contributed by atoms with Crippen LogP contribution in [-0.2, 0) is 34.9 Å². The molecule has 0 bridgehead atoms. The number of hydrogen-bond donors (Lipinski definition) is 2. The number of sulfonamides is 1. The van der Waals surface area contributed by atoms with Crippen LogP contribution in [0.4, 0.5) is 0 Å². The van der Waals surface area contributed by atoms with Crippen molar-refractivity contribution in [2.24, 2.45) is 0 Å². The van der Waals surface area contributed by atoms with E-state index < -0.39 is 49.2 Å². The highest BCUT2D eigenvalue weighted by Gasteiger charge is 2.33. The fourth-order valence-corrected chi connectivity index (χ4v) is 5.97. The fourth-order valence-electron chi connectivity index (χ4n) is 3.32. The van der Waals surface area contributed by atoms with E-state index in [0.717, 1.165) is 5.56 Å². The van der Waals surface area contributed by atoms with E-state index in [0.29, 0.717) is 0 Å². The Morgan fingerprint density at radius 1 is 1.03 bits per heavy atom. The van der Waals surface area contributed by atoms with Crippen molar-refractivity contribution >= 4 is 31.7 Å². The van der Waals surface area contributed by atoms with E-state index >= 15 is 0 Å². The van der Waals surface area contributed by atoms with E-state index in [1.807, 2.05) is 20.8 Å². The highest BCUT2D eigenvalue weighted by Crippen LogP contribution is 2.23. The van der Waals surface area contributed by atoms with Crippen LogP contribution in [-0.4, -0.2) is 71.2 Å². The van der Waals surface area contributed by atoms with Crippen molar-refractivity contribution in [3.8, 4) is 0 Å². The molecule has 1 saturated heterocycles. The SMILES string of the molecule is CNC(=O)CS(=O)(=O)C1CCN(C(=O)CNS(=O)(=O)c2ccc(C(C)(C)C)cc2)CC1. The van der Waals surface area contributed by atoms with Gasteiger partial charge in [-0.1, -0.05) is 32.9 Å². The van der Waals surface area contributed by atoms with Crippen LogP contribution in [0.1, 0.15) is 39.2 Å². The lowest BCUT2D eigenvalue weighted by molar-refractivity contribution is -0.130. The van der Waals surface area contributed by atoms with E-state index in [-0.39, 0.29) is 36.2 Å². The Morgan fingerprint density at radius 2 is 1.58 bits per heavy atom. The van der Waals surface area contributed by atoms with Crippen LogP contribution in [0.5, 0.6) is 0 Å². The number of benzene rings is 1. The van der Waals surface area contributed by atoms with Gasteiger partial charge in [0, 0.05) is 20.1 Å². The Balaban J connectivity index is 1.91. The molecule has 1 aromatic rings. The van der Waals surface area contributed by atoms with Gasteiger partial charge in [0.1, 0.15) is 5.75 Å². The summed E-state index contributed by atoms with van der Waals surface area (Å²) in [5.74, 6) is -1.56. The molecule has 0 aromatic heterocycles. The quantitative estimate of drug-likeness (QED) is 0.590. The Bertz CT molecular complexity index is 1000. The Morgan fingerprint density at radius 3 is 2.06 bits per heavy atom. The number of hydrogen-bond acceptors (Lipinski definition) is 6. The van der Waals surface area contributed by atoms with Gasteiger partial charge >= 0.3 is 0 Å². The number of rotatable bonds is 7. The fraction of sp³-hybridized carbons (Fsp3) is 0.600. The van der Waals surface area contributed by atoms with Crippen LogP contribution in [0.25, 0.3) is 0 Å². The number of sulfone groups is 1. The largest absolute Gasteiger partial charge is 0.358 e. The Kier molecular flexibility index (Phi) is 7.88. The molecule has 174 valence electrons. The van der Waals surface area contributed by atoms with Gasteiger partial charge in [0.2, 0.25) is 21.8 Å². The minimum absolute atomic E-state index is 0.0762. The lowest BCUT2D eigenvalue weighted by atomic mass is 9.87. The summed E-state index contributed by atoms with van der Waals surface area (Å²) < 4.78 is 51.9. The van der Waals surface area contributed by atoms with Gasteiger partial charge in [-0.25, -0.2) is 21.6 Å². The summed E-state index contributed by atoms with van der Waals surface area (Å²) in [5, 5.41) is 1.61.